The highest BCUT2D eigenvalue weighted by atomic mass is 16.5. The van der Waals surface area contributed by atoms with Gasteiger partial charge in [0.2, 0.25) is 5.91 Å². The monoisotopic (exact) mass is 342 g/mol. The zero-order valence-corrected chi connectivity index (χ0v) is 14.6. The van der Waals surface area contributed by atoms with Gasteiger partial charge in [-0.15, -0.1) is 0 Å². The van der Waals surface area contributed by atoms with E-state index >= 15 is 0 Å². The number of benzene rings is 2. The minimum atomic E-state index is -0.275. The molecule has 0 atom stereocenters. The van der Waals surface area contributed by atoms with Gasteiger partial charge in [-0.05, 0) is 43.3 Å². The number of nitrogens with one attached hydrogen (secondary N) is 2. The molecule has 2 N–H and O–H groups in total. The molecular weight excluding hydrogens is 320 g/mol. The van der Waals surface area contributed by atoms with Crippen LogP contribution in [-0.4, -0.2) is 25.5 Å². The van der Waals surface area contributed by atoms with Gasteiger partial charge in [0.1, 0.15) is 0 Å². The maximum Gasteiger partial charge on any atom is 0.255 e. The Hall–Kier alpha value is -3.02. The maximum absolute atomic E-state index is 12.5. The van der Waals surface area contributed by atoms with Crippen molar-refractivity contribution in [2.45, 2.75) is 20.3 Å². The van der Waals surface area contributed by atoms with Gasteiger partial charge in [0, 0.05) is 23.4 Å². The lowest BCUT2D eigenvalue weighted by Crippen LogP contribution is -2.13. The van der Waals surface area contributed by atoms with Crippen molar-refractivity contribution in [2.24, 2.45) is 0 Å². The van der Waals surface area contributed by atoms with E-state index in [1.165, 1.54) is 0 Å². The molecule has 2 aromatic carbocycles. The van der Waals surface area contributed by atoms with E-state index in [2.05, 4.69) is 10.6 Å². The second kappa shape index (κ2) is 8.73. The van der Waals surface area contributed by atoms with Crippen LogP contribution in [0, 0.1) is 0 Å². The summed E-state index contributed by atoms with van der Waals surface area (Å²) in [5.41, 5.74) is 1.68. The van der Waals surface area contributed by atoms with Crippen LogP contribution >= 0.6 is 0 Å². The highest BCUT2D eigenvalue weighted by Gasteiger charge is 2.12. The second-order valence-electron chi connectivity index (χ2n) is 5.24. The number of hydrogen-bond donors (Lipinski definition) is 2. The van der Waals surface area contributed by atoms with E-state index in [0.717, 1.165) is 0 Å². The number of rotatable bonds is 7. The zero-order valence-electron chi connectivity index (χ0n) is 14.6. The van der Waals surface area contributed by atoms with Crippen LogP contribution in [0.1, 0.15) is 30.6 Å². The van der Waals surface area contributed by atoms with Gasteiger partial charge < -0.3 is 20.1 Å². The fourth-order valence-corrected chi connectivity index (χ4v) is 2.21. The molecule has 2 aromatic rings. The van der Waals surface area contributed by atoms with Crippen LogP contribution in [0.3, 0.4) is 0 Å². The summed E-state index contributed by atoms with van der Waals surface area (Å²) in [7, 11) is 1.55. The molecule has 0 saturated heterocycles. The van der Waals surface area contributed by atoms with Crippen LogP contribution in [0.2, 0.25) is 0 Å². The number of ether oxygens (including phenoxy) is 2. The molecule has 0 bridgehead atoms. The van der Waals surface area contributed by atoms with Crippen molar-refractivity contribution < 1.29 is 19.1 Å². The summed E-state index contributed by atoms with van der Waals surface area (Å²) in [5.74, 6) is 0.729. The molecule has 0 aliphatic carbocycles. The van der Waals surface area contributed by atoms with Crippen LogP contribution in [0.4, 0.5) is 11.4 Å². The highest BCUT2D eigenvalue weighted by Crippen LogP contribution is 2.28. The van der Waals surface area contributed by atoms with Gasteiger partial charge in [-0.1, -0.05) is 13.0 Å². The summed E-state index contributed by atoms with van der Waals surface area (Å²) in [6.45, 7) is 4.11. The lowest BCUT2D eigenvalue weighted by atomic mass is 10.1. The Balaban J connectivity index is 2.15. The fraction of sp³-hybridized carbons (Fsp3) is 0.263. The summed E-state index contributed by atoms with van der Waals surface area (Å²) in [4.78, 5) is 23.9. The Bertz CT molecular complexity index is 759. The Morgan fingerprint density at radius 3 is 2.32 bits per heavy atom. The molecule has 0 radical (unpaired) electrons. The lowest BCUT2D eigenvalue weighted by Gasteiger charge is -2.12. The molecule has 0 unspecified atom stereocenters. The van der Waals surface area contributed by atoms with Crippen LogP contribution in [-0.2, 0) is 4.79 Å². The van der Waals surface area contributed by atoms with E-state index in [4.69, 9.17) is 9.47 Å². The largest absolute Gasteiger partial charge is 0.493 e. The highest BCUT2D eigenvalue weighted by molar-refractivity contribution is 6.05. The summed E-state index contributed by atoms with van der Waals surface area (Å²) in [5, 5.41) is 5.57. The quantitative estimate of drug-likeness (QED) is 0.804. The fourth-order valence-electron chi connectivity index (χ4n) is 2.21. The van der Waals surface area contributed by atoms with Crippen LogP contribution < -0.4 is 20.1 Å². The number of hydrogen-bond acceptors (Lipinski definition) is 4. The van der Waals surface area contributed by atoms with Crippen molar-refractivity contribution in [3.63, 3.8) is 0 Å². The molecule has 2 rings (SSSR count). The molecule has 0 spiro atoms. The van der Waals surface area contributed by atoms with Crippen LogP contribution in [0.15, 0.2) is 42.5 Å². The second-order valence-corrected chi connectivity index (χ2v) is 5.24. The van der Waals surface area contributed by atoms with E-state index in [-0.39, 0.29) is 11.8 Å². The Labute approximate surface area is 147 Å². The van der Waals surface area contributed by atoms with Gasteiger partial charge in [-0.3, -0.25) is 9.59 Å². The molecule has 0 aromatic heterocycles. The number of carbonyl (C=O) groups excluding carboxylic acids is 2. The smallest absolute Gasteiger partial charge is 0.255 e. The third-order valence-electron chi connectivity index (χ3n) is 3.45. The standard InChI is InChI=1S/C19H22N2O4/c1-4-18(22)20-14-7-6-8-15(12-14)21-19(23)13-9-10-16(24-3)17(11-13)25-5-2/h6-12H,4-5H2,1-3H3,(H,20,22)(H,21,23). The third kappa shape index (κ3) is 4.97. The number of carbonyl (C=O) groups is 2. The van der Waals surface area contributed by atoms with Gasteiger partial charge in [0.25, 0.3) is 5.91 Å². The van der Waals surface area contributed by atoms with E-state index < -0.39 is 0 Å². The molecule has 0 saturated carbocycles. The molecule has 0 aliphatic rings. The zero-order chi connectivity index (χ0) is 18.2. The van der Waals surface area contributed by atoms with Crippen LogP contribution in [0.5, 0.6) is 11.5 Å². The first-order chi connectivity index (χ1) is 12.1. The first-order valence-electron chi connectivity index (χ1n) is 8.09. The van der Waals surface area contributed by atoms with Gasteiger partial charge in [-0.2, -0.15) is 0 Å². The number of anilines is 2. The third-order valence-corrected chi connectivity index (χ3v) is 3.45. The molecule has 6 heteroatoms. The van der Waals surface area contributed by atoms with Crippen molar-refractivity contribution in [3.8, 4) is 11.5 Å². The predicted molar refractivity (Wildman–Crippen MR) is 97.5 cm³/mol. The Morgan fingerprint density at radius 2 is 1.68 bits per heavy atom. The molecule has 0 fully saturated rings. The molecular formula is C19H22N2O4. The molecule has 25 heavy (non-hydrogen) atoms. The van der Waals surface area contributed by atoms with Crippen molar-refractivity contribution in [2.75, 3.05) is 24.4 Å². The first-order valence-corrected chi connectivity index (χ1v) is 8.09. The maximum atomic E-state index is 12.5. The van der Waals surface area contributed by atoms with Crippen molar-refractivity contribution in [3.05, 3.63) is 48.0 Å². The number of amides is 2. The predicted octanol–water partition coefficient (Wildman–Crippen LogP) is 3.69. The normalized spacial score (nSPS) is 10.0. The van der Waals surface area contributed by atoms with E-state index in [1.54, 1.807) is 56.5 Å². The van der Waals surface area contributed by atoms with Gasteiger partial charge in [0.15, 0.2) is 11.5 Å². The van der Waals surface area contributed by atoms with Crippen molar-refractivity contribution >= 4 is 23.2 Å². The first kappa shape index (κ1) is 18.3. The van der Waals surface area contributed by atoms with Gasteiger partial charge >= 0.3 is 0 Å². The molecule has 2 amide bonds. The topological polar surface area (TPSA) is 76.7 Å². The Kier molecular flexibility index (Phi) is 6.39. The summed E-state index contributed by atoms with van der Waals surface area (Å²) < 4.78 is 10.7. The summed E-state index contributed by atoms with van der Waals surface area (Å²) in [6.07, 6.45) is 0.392. The van der Waals surface area contributed by atoms with E-state index in [0.29, 0.717) is 41.5 Å². The minimum Gasteiger partial charge on any atom is -0.493 e. The Morgan fingerprint density at radius 1 is 0.960 bits per heavy atom. The number of methoxy groups -OCH3 is 1. The summed E-state index contributed by atoms with van der Waals surface area (Å²) in [6, 6.07) is 12.0. The van der Waals surface area contributed by atoms with Crippen molar-refractivity contribution in [1.82, 2.24) is 0 Å². The van der Waals surface area contributed by atoms with E-state index in [1.807, 2.05) is 6.92 Å². The van der Waals surface area contributed by atoms with Gasteiger partial charge in [-0.25, -0.2) is 0 Å². The van der Waals surface area contributed by atoms with Gasteiger partial charge in [0.05, 0.1) is 13.7 Å². The lowest BCUT2D eigenvalue weighted by molar-refractivity contribution is -0.115. The van der Waals surface area contributed by atoms with Crippen molar-refractivity contribution in [1.29, 1.82) is 0 Å². The minimum absolute atomic E-state index is 0.0833. The van der Waals surface area contributed by atoms with E-state index in [9.17, 15) is 9.59 Å². The average Bonchev–Trinajstić information content (AvgIpc) is 2.62. The molecule has 132 valence electrons. The average molecular weight is 342 g/mol. The molecule has 6 nitrogen and oxygen atoms in total. The summed E-state index contributed by atoms with van der Waals surface area (Å²) >= 11 is 0. The molecule has 0 aliphatic heterocycles. The van der Waals surface area contributed by atoms with Crippen LogP contribution in [0.25, 0.3) is 0 Å². The SMILES string of the molecule is CCOc1cc(C(=O)Nc2cccc(NC(=O)CC)c2)ccc1OC. The molecule has 0 heterocycles.